The molecular weight excluding hydrogens is 310 g/mol. The molecule has 3 heteroatoms. The van der Waals surface area contributed by atoms with Crippen molar-refractivity contribution in [2.45, 2.75) is 18.9 Å². The van der Waals surface area contributed by atoms with Crippen LogP contribution in [-0.2, 0) is 6.42 Å². The van der Waals surface area contributed by atoms with E-state index >= 15 is 0 Å². The molecule has 0 amide bonds. The summed E-state index contributed by atoms with van der Waals surface area (Å²) in [7, 11) is 1.66. The molecule has 0 saturated carbocycles. The number of aliphatic hydroxyl groups is 1. The van der Waals surface area contributed by atoms with E-state index in [2.05, 4.69) is 17.4 Å². The minimum Gasteiger partial charge on any atom is -0.497 e. The maximum atomic E-state index is 10.4. The fourth-order valence-corrected chi connectivity index (χ4v) is 2.82. The number of rotatable bonds is 7. The van der Waals surface area contributed by atoms with Gasteiger partial charge in [-0.25, -0.2) is 0 Å². The third-order valence-electron chi connectivity index (χ3n) is 4.26. The monoisotopic (exact) mass is 333 g/mol. The standard InChI is InChI=1S/C22H23NO2/c1-25-20-14-12-19(13-15-20)23-21-10-6-5-7-17(21)11-16-22(24)18-8-3-2-4-9-18/h2-10,12-15,22-24H,11,16H2,1H3. The third kappa shape index (κ3) is 4.61. The number of nitrogens with one attached hydrogen (secondary N) is 1. The molecule has 128 valence electrons. The molecule has 3 aromatic carbocycles. The molecule has 1 atom stereocenters. The van der Waals surface area contributed by atoms with Crippen LogP contribution in [0.1, 0.15) is 23.7 Å². The predicted molar refractivity (Wildman–Crippen MR) is 102 cm³/mol. The van der Waals surface area contributed by atoms with Gasteiger partial charge in [-0.2, -0.15) is 0 Å². The van der Waals surface area contributed by atoms with Crippen molar-refractivity contribution >= 4 is 11.4 Å². The summed E-state index contributed by atoms with van der Waals surface area (Å²) < 4.78 is 5.19. The molecule has 0 spiro atoms. The van der Waals surface area contributed by atoms with Gasteiger partial charge in [0.2, 0.25) is 0 Å². The molecule has 0 aliphatic carbocycles. The third-order valence-corrected chi connectivity index (χ3v) is 4.26. The molecule has 0 saturated heterocycles. The predicted octanol–water partition coefficient (Wildman–Crippen LogP) is 5.11. The number of aliphatic hydroxyl groups excluding tert-OH is 1. The molecule has 0 fully saturated rings. The molecule has 1 unspecified atom stereocenters. The second kappa shape index (κ2) is 8.36. The smallest absolute Gasteiger partial charge is 0.119 e. The van der Waals surface area contributed by atoms with Crippen LogP contribution in [0.15, 0.2) is 78.9 Å². The number of para-hydroxylation sites is 1. The fraction of sp³-hybridized carbons (Fsp3) is 0.182. The van der Waals surface area contributed by atoms with Crippen molar-refractivity contribution in [1.82, 2.24) is 0 Å². The Morgan fingerprint density at radius 1 is 0.880 bits per heavy atom. The molecule has 25 heavy (non-hydrogen) atoms. The molecule has 0 aliphatic rings. The first-order valence-corrected chi connectivity index (χ1v) is 8.48. The van der Waals surface area contributed by atoms with Crippen molar-refractivity contribution in [2.24, 2.45) is 0 Å². The summed E-state index contributed by atoms with van der Waals surface area (Å²) in [5.74, 6) is 0.838. The molecule has 0 aliphatic heterocycles. The zero-order valence-corrected chi connectivity index (χ0v) is 14.4. The molecule has 3 rings (SSSR count). The van der Waals surface area contributed by atoms with Gasteiger partial charge >= 0.3 is 0 Å². The molecule has 0 radical (unpaired) electrons. The Kier molecular flexibility index (Phi) is 5.70. The average molecular weight is 333 g/mol. The van der Waals surface area contributed by atoms with Gasteiger partial charge in [-0.3, -0.25) is 0 Å². The lowest BCUT2D eigenvalue weighted by Gasteiger charge is -2.15. The number of anilines is 2. The topological polar surface area (TPSA) is 41.5 Å². The first-order valence-electron chi connectivity index (χ1n) is 8.48. The first-order chi connectivity index (χ1) is 12.3. The van der Waals surface area contributed by atoms with Gasteiger partial charge in [-0.15, -0.1) is 0 Å². The van der Waals surface area contributed by atoms with E-state index in [-0.39, 0.29) is 0 Å². The first kappa shape index (κ1) is 17.1. The van der Waals surface area contributed by atoms with Gasteiger partial charge in [0.05, 0.1) is 13.2 Å². The highest BCUT2D eigenvalue weighted by molar-refractivity contribution is 5.63. The van der Waals surface area contributed by atoms with E-state index in [4.69, 9.17) is 4.74 Å². The lowest BCUT2D eigenvalue weighted by Crippen LogP contribution is -2.02. The normalized spacial score (nSPS) is 11.8. The quantitative estimate of drug-likeness (QED) is 0.631. The summed E-state index contributed by atoms with van der Waals surface area (Å²) in [6.45, 7) is 0. The molecular formula is C22H23NO2. The van der Waals surface area contributed by atoms with Crippen molar-refractivity contribution < 1.29 is 9.84 Å². The highest BCUT2D eigenvalue weighted by Gasteiger charge is 2.09. The summed E-state index contributed by atoms with van der Waals surface area (Å²) in [6.07, 6.45) is 1.04. The Hall–Kier alpha value is -2.78. The van der Waals surface area contributed by atoms with Crippen LogP contribution in [0.3, 0.4) is 0 Å². The van der Waals surface area contributed by atoms with Crippen LogP contribution in [-0.4, -0.2) is 12.2 Å². The highest BCUT2D eigenvalue weighted by Crippen LogP contribution is 2.26. The van der Waals surface area contributed by atoms with Crippen molar-refractivity contribution in [2.75, 3.05) is 12.4 Å². The Bertz CT molecular complexity index is 785. The van der Waals surface area contributed by atoms with Crippen molar-refractivity contribution in [3.8, 4) is 5.75 Å². The van der Waals surface area contributed by atoms with Gasteiger partial charge in [-0.1, -0.05) is 48.5 Å². The van der Waals surface area contributed by atoms with Crippen molar-refractivity contribution in [3.05, 3.63) is 90.0 Å². The maximum Gasteiger partial charge on any atom is 0.119 e. The van der Waals surface area contributed by atoms with E-state index in [0.717, 1.165) is 29.1 Å². The molecule has 3 aromatic rings. The highest BCUT2D eigenvalue weighted by atomic mass is 16.5. The van der Waals surface area contributed by atoms with Crippen LogP contribution in [0, 0.1) is 0 Å². The summed E-state index contributed by atoms with van der Waals surface area (Å²) in [5, 5.41) is 13.8. The van der Waals surface area contributed by atoms with Crippen LogP contribution in [0.5, 0.6) is 5.75 Å². The summed E-state index contributed by atoms with van der Waals surface area (Å²) in [6, 6.07) is 25.9. The Labute approximate surface area is 148 Å². The molecule has 0 aromatic heterocycles. The van der Waals surface area contributed by atoms with Gasteiger partial charge in [0.15, 0.2) is 0 Å². The van der Waals surface area contributed by atoms with Crippen LogP contribution >= 0.6 is 0 Å². The zero-order valence-electron chi connectivity index (χ0n) is 14.4. The van der Waals surface area contributed by atoms with Gasteiger partial charge in [0.1, 0.15) is 5.75 Å². The Balaban J connectivity index is 1.68. The minimum atomic E-state index is -0.449. The lowest BCUT2D eigenvalue weighted by atomic mass is 10.0. The molecule has 3 nitrogen and oxygen atoms in total. The number of hydrogen-bond acceptors (Lipinski definition) is 3. The molecule has 2 N–H and O–H groups in total. The Morgan fingerprint density at radius 3 is 2.28 bits per heavy atom. The SMILES string of the molecule is COc1ccc(Nc2ccccc2CCC(O)c2ccccc2)cc1. The Morgan fingerprint density at radius 2 is 1.56 bits per heavy atom. The number of benzene rings is 3. The zero-order chi connectivity index (χ0) is 17.5. The lowest BCUT2D eigenvalue weighted by molar-refractivity contribution is 0.168. The van der Waals surface area contributed by atoms with Crippen LogP contribution in [0.4, 0.5) is 11.4 Å². The number of ether oxygens (including phenoxy) is 1. The van der Waals surface area contributed by atoms with E-state index in [1.807, 2.05) is 66.7 Å². The summed E-state index contributed by atoms with van der Waals surface area (Å²) >= 11 is 0. The molecule has 0 bridgehead atoms. The van der Waals surface area contributed by atoms with E-state index in [1.54, 1.807) is 7.11 Å². The fourth-order valence-electron chi connectivity index (χ4n) is 2.82. The molecule has 0 heterocycles. The van der Waals surface area contributed by atoms with Crippen molar-refractivity contribution in [1.29, 1.82) is 0 Å². The van der Waals surface area contributed by atoms with Crippen LogP contribution < -0.4 is 10.1 Å². The maximum absolute atomic E-state index is 10.4. The van der Waals surface area contributed by atoms with Gasteiger partial charge in [0, 0.05) is 11.4 Å². The van der Waals surface area contributed by atoms with E-state index in [9.17, 15) is 5.11 Å². The largest absolute Gasteiger partial charge is 0.497 e. The minimum absolute atomic E-state index is 0.449. The van der Waals surface area contributed by atoms with Crippen molar-refractivity contribution in [3.63, 3.8) is 0 Å². The number of aryl methyl sites for hydroxylation is 1. The van der Waals surface area contributed by atoms with Gasteiger partial charge in [-0.05, 0) is 54.3 Å². The van der Waals surface area contributed by atoms with Gasteiger partial charge in [0.25, 0.3) is 0 Å². The second-order valence-corrected chi connectivity index (χ2v) is 5.98. The average Bonchev–Trinajstić information content (AvgIpc) is 2.68. The second-order valence-electron chi connectivity index (χ2n) is 5.98. The number of hydrogen-bond donors (Lipinski definition) is 2. The number of methoxy groups -OCH3 is 1. The van der Waals surface area contributed by atoms with E-state index < -0.39 is 6.10 Å². The van der Waals surface area contributed by atoms with E-state index in [0.29, 0.717) is 6.42 Å². The summed E-state index contributed by atoms with van der Waals surface area (Å²) in [4.78, 5) is 0. The van der Waals surface area contributed by atoms with E-state index in [1.165, 1.54) is 5.56 Å². The van der Waals surface area contributed by atoms with Crippen LogP contribution in [0.25, 0.3) is 0 Å². The summed E-state index contributed by atoms with van der Waals surface area (Å²) in [5.41, 5.74) is 4.22. The van der Waals surface area contributed by atoms with Gasteiger partial charge < -0.3 is 15.2 Å². The van der Waals surface area contributed by atoms with Crippen LogP contribution in [0.2, 0.25) is 0 Å².